The van der Waals surface area contributed by atoms with Crippen molar-refractivity contribution in [2.24, 2.45) is 0 Å². The minimum absolute atomic E-state index is 0.203. The molecule has 30 heavy (non-hydrogen) atoms. The molecule has 0 bridgehead atoms. The second kappa shape index (κ2) is 8.95. The first-order valence-electron chi connectivity index (χ1n) is 9.50. The van der Waals surface area contributed by atoms with E-state index < -0.39 is 0 Å². The highest BCUT2D eigenvalue weighted by molar-refractivity contribution is 5.90. The van der Waals surface area contributed by atoms with Crippen LogP contribution in [0.1, 0.15) is 19.4 Å². The summed E-state index contributed by atoms with van der Waals surface area (Å²) in [5.74, 6) is 2.60. The van der Waals surface area contributed by atoms with Crippen LogP contribution in [-0.2, 0) is 6.42 Å². The zero-order valence-corrected chi connectivity index (χ0v) is 18.1. The molecular formula is C24H26O6. The van der Waals surface area contributed by atoms with Crippen LogP contribution in [0.4, 0.5) is 0 Å². The molecule has 0 amide bonds. The largest absolute Gasteiger partial charge is 0.497 e. The van der Waals surface area contributed by atoms with Crippen LogP contribution in [0.3, 0.4) is 0 Å². The summed E-state index contributed by atoms with van der Waals surface area (Å²) in [5, 5.41) is 0.383. The Morgan fingerprint density at radius 2 is 1.50 bits per heavy atom. The summed E-state index contributed by atoms with van der Waals surface area (Å²) in [4.78, 5) is 13.1. The van der Waals surface area contributed by atoms with Crippen LogP contribution in [0.2, 0.25) is 0 Å². The summed E-state index contributed by atoms with van der Waals surface area (Å²) in [7, 11) is 6.25. The maximum atomic E-state index is 13.1. The normalized spacial score (nSPS) is 10.6. The van der Waals surface area contributed by atoms with Gasteiger partial charge in [-0.1, -0.05) is 11.6 Å². The predicted octanol–water partition coefficient (Wildman–Crippen LogP) is 5.00. The van der Waals surface area contributed by atoms with Gasteiger partial charge in [0.1, 0.15) is 39.7 Å². The van der Waals surface area contributed by atoms with Gasteiger partial charge in [0, 0.05) is 29.3 Å². The maximum absolute atomic E-state index is 13.1. The zero-order valence-electron chi connectivity index (χ0n) is 18.1. The van der Waals surface area contributed by atoms with E-state index in [9.17, 15) is 4.79 Å². The van der Waals surface area contributed by atoms with Crippen molar-refractivity contribution in [3.8, 4) is 34.3 Å². The summed E-state index contributed by atoms with van der Waals surface area (Å²) in [6.07, 6.45) is 2.62. The molecule has 0 N–H and O–H groups in total. The first-order valence-corrected chi connectivity index (χ1v) is 9.50. The Balaban J connectivity index is 2.36. The molecule has 6 nitrogen and oxygen atoms in total. The van der Waals surface area contributed by atoms with Crippen LogP contribution in [0.5, 0.6) is 23.0 Å². The Morgan fingerprint density at radius 1 is 0.867 bits per heavy atom. The fourth-order valence-corrected chi connectivity index (χ4v) is 3.26. The van der Waals surface area contributed by atoms with E-state index in [0.717, 1.165) is 11.1 Å². The summed E-state index contributed by atoms with van der Waals surface area (Å²) in [6, 6.07) is 8.52. The van der Waals surface area contributed by atoms with Crippen molar-refractivity contribution in [1.82, 2.24) is 0 Å². The molecule has 0 aliphatic heterocycles. The molecule has 0 radical (unpaired) electrons. The van der Waals surface area contributed by atoms with Crippen LogP contribution < -0.4 is 24.4 Å². The summed E-state index contributed by atoms with van der Waals surface area (Å²) < 4.78 is 28.0. The second-order valence-electron chi connectivity index (χ2n) is 7.03. The van der Waals surface area contributed by atoms with Crippen LogP contribution in [0.15, 0.2) is 51.2 Å². The Kier molecular flexibility index (Phi) is 6.35. The third-order valence-corrected chi connectivity index (χ3v) is 4.82. The molecular weight excluding hydrogens is 384 g/mol. The van der Waals surface area contributed by atoms with E-state index in [2.05, 4.69) is 6.08 Å². The minimum atomic E-state index is -0.203. The Bertz CT molecular complexity index is 1130. The van der Waals surface area contributed by atoms with Crippen LogP contribution in [0.25, 0.3) is 22.3 Å². The summed E-state index contributed by atoms with van der Waals surface area (Å²) in [5.41, 5.74) is 2.83. The smallest absolute Gasteiger partial charge is 0.197 e. The highest BCUT2D eigenvalue weighted by Gasteiger charge is 2.20. The van der Waals surface area contributed by atoms with Crippen molar-refractivity contribution < 1.29 is 23.4 Å². The number of fused-ring (bicyclic) bond motifs is 1. The van der Waals surface area contributed by atoms with Crippen LogP contribution >= 0.6 is 0 Å². The van der Waals surface area contributed by atoms with E-state index >= 15 is 0 Å². The molecule has 3 aromatic rings. The fraction of sp³-hybridized carbons (Fsp3) is 0.292. The Labute approximate surface area is 175 Å². The average Bonchev–Trinajstić information content (AvgIpc) is 2.76. The molecule has 0 atom stereocenters. The first-order chi connectivity index (χ1) is 14.4. The predicted molar refractivity (Wildman–Crippen MR) is 117 cm³/mol. The Morgan fingerprint density at radius 3 is 2.03 bits per heavy atom. The summed E-state index contributed by atoms with van der Waals surface area (Å²) in [6.45, 7) is 4.03. The lowest BCUT2D eigenvalue weighted by Gasteiger charge is -2.15. The van der Waals surface area contributed by atoms with Gasteiger partial charge in [0.15, 0.2) is 5.43 Å². The number of benzene rings is 2. The van der Waals surface area contributed by atoms with Gasteiger partial charge >= 0.3 is 0 Å². The Hall–Kier alpha value is -3.41. The van der Waals surface area contributed by atoms with Gasteiger partial charge in [-0.3, -0.25) is 4.79 Å². The molecule has 0 aliphatic carbocycles. The lowest BCUT2D eigenvalue weighted by Crippen LogP contribution is -2.06. The van der Waals surface area contributed by atoms with Crippen molar-refractivity contribution in [3.63, 3.8) is 0 Å². The lowest BCUT2D eigenvalue weighted by atomic mass is 10.0. The molecule has 6 heteroatoms. The van der Waals surface area contributed by atoms with E-state index in [1.807, 2.05) is 13.8 Å². The number of hydrogen-bond donors (Lipinski definition) is 0. The number of hydrogen-bond acceptors (Lipinski definition) is 6. The van der Waals surface area contributed by atoms with Crippen molar-refractivity contribution in [2.75, 3.05) is 28.4 Å². The van der Waals surface area contributed by atoms with E-state index in [1.54, 1.807) is 45.6 Å². The standard InChI is InChI=1S/C24H26O6/c1-14(2)7-8-18-21(28-5)13-22(29-6)23-19(25)12-20(30-24(18)23)15-9-16(26-3)11-17(10-15)27-4/h7,9-13H,8H2,1-6H3. The van der Waals surface area contributed by atoms with Crippen molar-refractivity contribution in [1.29, 1.82) is 0 Å². The van der Waals surface area contributed by atoms with Gasteiger partial charge in [-0.25, -0.2) is 0 Å². The van der Waals surface area contributed by atoms with Crippen LogP contribution in [0, 0.1) is 0 Å². The molecule has 0 saturated carbocycles. The molecule has 0 saturated heterocycles. The van der Waals surface area contributed by atoms with Gasteiger partial charge in [0.05, 0.1) is 28.4 Å². The van der Waals surface area contributed by atoms with Crippen LogP contribution in [-0.4, -0.2) is 28.4 Å². The topological polar surface area (TPSA) is 67.1 Å². The monoisotopic (exact) mass is 410 g/mol. The average molecular weight is 410 g/mol. The van der Waals surface area contributed by atoms with E-state index in [-0.39, 0.29) is 5.43 Å². The lowest BCUT2D eigenvalue weighted by molar-refractivity contribution is 0.392. The third kappa shape index (κ3) is 4.13. The maximum Gasteiger partial charge on any atom is 0.197 e. The van der Waals surface area contributed by atoms with Gasteiger partial charge < -0.3 is 23.4 Å². The van der Waals surface area contributed by atoms with Crippen molar-refractivity contribution in [3.05, 3.63) is 57.8 Å². The SMILES string of the molecule is COc1cc(OC)cc(-c2cc(=O)c3c(OC)cc(OC)c(CC=C(C)C)c3o2)c1. The number of rotatable bonds is 7. The zero-order chi connectivity index (χ0) is 21.8. The van der Waals surface area contributed by atoms with Crippen molar-refractivity contribution in [2.45, 2.75) is 20.3 Å². The van der Waals surface area contributed by atoms with Gasteiger partial charge in [-0.2, -0.15) is 0 Å². The fourth-order valence-electron chi connectivity index (χ4n) is 3.26. The highest BCUT2D eigenvalue weighted by Crippen LogP contribution is 2.38. The second-order valence-corrected chi connectivity index (χ2v) is 7.03. The molecule has 3 rings (SSSR count). The highest BCUT2D eigenvalue weighted by atomic mass is 16.5. The van der Waals surface area contributed by atoms with E-state index in [1.165, 1.54) is 13.2 Å². The van der Waals surface area contributed by atoms with E-state index in [0.29, 0.717) is 51.7 Å². The molecule has 2 aromatic carbocycles. The van der Waals surface area contributed by atoms with Gasteiger partial charge in [0.25, 0.3) is 0 Å². The third-order valence-electron chi connectivity index (χ3n) is 4.82. The number of ether oxygens (including phenoxy) is 4. The van der Waals surface area contributed by atoms with Crippen molar-refractivity contribution >= 4 is 11.0 Å². The number of allylic oxidation sites excluding steroid dienone is 2. The van der Waals surface area contributed by atoms with Gasteiger partial charge in [-0.15, -0.1) is 0 Å². The molecule has 0 spiro atoms. The first kappa shape index (κ1) is 21.3. The molecule has 158 valence electrons. The van der Waals surface area contributed by atoms with Gasteiger partial charge in [-0.05, 0) is 32.4 Å². The summed E-state index contributed by atoms with van der Waals surface area (Å²) >= 11 is 0. The number of methoxy groups -OCH3 is 4. The van der Waals surface area contributed by atoms with Gasteiger partial charge in [0.2, 0.25) is 0 Å². The molecule has 0 aliphatic rings. The quantitative estimate of drug-likeness (QED) is 0.511. The molecule has 1 aromatic heterocycles. The minimum Gasteiger partial charge on any atom is -0.497 e. The molecule has 1 heterocycles. The van der Waals surface area contributed by atoms with E-state index in [4.69, 9.17) is 23.4 Å². The molecule has 0 fully saturated rings. The molecule has 0 unspecified atom stereocenters.